The van der Waals surface area contributed by atoms with Crippen LogP contribution in [0.4, 0.5) is 5.69 Å². The third-order valence-electron chi connectivity index (χ3n) is 2.16. The molecule has 7 heteroatoms. The first-order valence-corrected chi connectivity index (χ1v) is 7.14. The van der Waals surface area contributed by atoms with Crippen molar-refractivity contribution >= 4 is 15.7 Å². The van der Waals surface area contributed by atoms with Crippen LogP contribution in [0.3, 0.4) is 0 Å². The molecule has 0 amide bonds. The molecule has 0 saturated carbocycles. The average molecular weight is 274 g/mol. The molecule has 102 valence electrons. The molecule has 0 saturated heterocycles. The fraction of sp³-hybridized carbons (Fsp3) is 0.455. The SMILES string of the molecule is COCCS(=O)(=O)NCCOc1ccccc1N. The van der Waals surface area contributed by atoms with Crippen molar-refractivity contribution in [3.05, 3.63) is 24.3 Å². The van der Waals surface area contributed by atoms with E-state index in [0.717, 1.165) is 0 Å². The zero-order valence-corrected chi connectivity index (χ0v) is 11.1. The van der Waals surface area contributed by atoms with Gasteiger partial charge in [0.05, 0.1) is 18.0 Å². The lowest BCUT2D eigenvalue weighted by molar-refractivity contribution is 0.216. The summed E-state index contributed by atoms with van der Waals surface area (Å²) in [5.41, 5.74) is 6.20. The Hall–Kier alpha value is -1.31. The van der Waals surface area contributed by atoms with Gasteiger partial charge >= 0.3 is 0 Å². The van der Waals surface area contributed by atoms with E-state index in [4.69, 9.17) is 15.2 Å². The van der Waals surface area contributed by atoms with Gasteiger partial charge < -0.3 is 15.2 Å². The molecule has 0 bridgehead atoms. The zero-order valence-electron chi connectivity index (χ0n) is 10.3. The molecule has 1 aromatic rings. The van der Waals surface area contributed by atoms with Crippen LogP contribution >= 0.6 is 0 Å². The predicted octanol–water partition coefficient (Wildman–Crippen LogP) is 0.213. The van der Waals surface area contributed by atoms with Crippen LogP contribution in [0.2, 0.25) is 0 Å². The molecule has 0 spiro atoms. The second-order valence-electron chi connectivity index (χ2n) is 3.59. The number of methoxy groups -OCH3 is 1. The number of rotatable bonds is 8. The van der Waals surface area contributed by atoms with Crippen molar-refractivity contribution in [2.45, 2.75) is 0 Å². The summed E-state index contributed by atoms with van der Waals surface area (Å²) in [5, 5.41) is 0. The number of nitrogens with one attached hydrogen (secondary N) is 1. The van der Waals surface area contributed by atoms with Crippen molar-refractivity contribution < 1.29 is 17.9 Å². The van der Waals surface area contributed by atoms with Crippen LogP contribution in [-0.4, -0.2) is 41.0 Å². The van der Waals surface area contributed by atoms with Gasteiger partial charge in [0, 0.05) is 13.7 Å². The maximum atomic E-state index is 11.4. The van der Waals surface area contributed by atoms with E-state index in [9.17, 15) is 8.42 Å². The lowest BCUT2D eigenvalue weighted by Gasteiger charge is -2.09. The van der Waals surface area contributed by atoms with Crippen molar-refractivity contribution in [1.29, 1.82) is 0 Å². The molecule has 0 radical (unpaired) electrons. The van der Waals surface area contributed by atoms with Crippen LogP contribution in [0.5, 0.6) is 5.75 Å². The lowest BCUT2D eigenvalue weighted by Crippen LogP contribution is -2.31. The molecule has 0 aliphatic carbocycles. The first-order chi connectivity index (χ1) is 8.55. The van der Waals surface area contributed by atoms with Gasteiger partial charge in [-0.15, -0.1) is 0 Å². The molecule has 0 aromatic heterocycles. The fourth-order valence-electron chi connectivity index (χ4n) is 1.24. The number of hydrogen-bond acceptors (Lipinski definition) is 5. The van der Waals surface area contributed by atoms with Crippen molar-refractivity contribution in [1.82, 2.24) is 4.72 Å². The molecule has 0 aliphatic rings. The molecule has 6 nitrogen and oxygen atoms in total. The minimum atomic E-state index is -3.29. The Morgan fingerprint density at radius 2 is 2.00 bits per heavy atom. The minimum Gasteiger partial charge on any atom is -0.490 e. The summed E-state index contributed by atoms with van der Waals surface area (Å²) in [4.78, 5) is 0. The first-order valence-electron chi connectivity index (χ1n) is 5.49. The van der Waals surface area contributed by atoms with Gasteiger partial charge in [0.2, 0.25) is 10.0 Å². The van der Waals surface area contributed by atoms with Crippen molar-refractivity contribution in [2.75, 3.05) is 38.4 Å². The summed E-state index contributed by atoms with van der Waals surface area (Å²) in [5.74, 6) is 0.491. The molecule has 0 unspecified atom stereocenters. The highest BCUT2D eigenvalue weighted by Gasteiger charge is 2.08. The quantitative estimate of drug-likeness (QED) is 0.522. The Morgan fingerprint density at radius 3 is 2.67 bits per heavy atom. The number of nitrogen functional groups attached to an aromatic ring is 1. The van der Waals surface area contributed by atoms with Crippen molar-refractivity contribution in [3.63, 3.8) is 0 Å². The molecule has 0 fully saturated rings. The first kappa shape index (κ1) is 14.7. The summed E-state index contributed by atoms with van der Waals surface area (Å²) in [7, 11) is -1.84. The summed E-state index contributed by atoms with van der Waals surface area (Å²) < 4.78 is 35.3. The molecule has 1 aromatic carbocycles. The van der Waals surface area contributed by atoms with Crippen LogP contribution in [0.15, 0.2) is 24.3 Å². The van der Waals surface area contributed by atoms with E-state index in [-0.39, 0.29) is 25.5 Å². The zero-order chi connectivity index (χ0) is 13.4. The molecule has 3 N–H and O–H groups in total. The van der Waals surface area contributed by atoms with E-state index < -0.39 is 10.0 Å². The third-order valence-corrected chi connectivity index (χ3v) is 3.50. The highest BCUT2D eigenvalue weighted by molar-refractivity contribution is 7.89. The molecule has 0 atom stereocenters. The van der Waals surface area contributed by atoms with E-state index in [1.807, 2.05) is 0 Å². The number of hydrogen-bond donors (Lipinski definition) is 2. The maximum absolute atomic E-state index is 11.4. The number of benzene rings is 1. The molecule has 0 aliphatic heterocycles. The monoisotopic (exact) mass is 274 g/mol. The molecular weight excluding hydrogens is 256 g/mol. The Labute approximate surface area is 107 Å². The molecule has 18 heavy (non-hydrogen) atoms. The number of anilines is 1. The Balaban J connectivity index is 2.29. The summed E-state index contributed by atoms with van der Waals surface area (Å²) >= 11 is 0. The van der Waals surface area contributed by atoms with E-state index in [1.54, 1.807) is 24.3 Å². The minimum absolute atomic E-state index is 0.0586. The van der Waals surface area contributed by atoms with Gasteiger partial charge in [0.25, 0.3) is 0 Å². The predicted molar refractivity (Wildman–Crippen MR) is 70.0 cm³/mol. The van der Waals surface area contributed by atoms with Crippen LogP contribution < -0.4 is 15.2 Å². The number of sulfonamides is 1. The van der Waals surface area contributed by atoms with Gasteiger partial charge in [-0.1, -0.05) is 12.1 Å². The summed E-state index contributed by atoms with van der Waals surface area (Å²) in [6.45, 7) is 0.586. The standard InChI is InChI=1S/C11H18N2O4S/c1-16-8-9-18(14,15)13-6-7-17-11-5-3-2-4-10(11)12/h2-5,13H,6-9,12H2,1H3. The Kier molecular flexibility index (Phi) is 5.90. The van der Waals surface area contributed by atoms with E-state index >= 15 is 0 Å². The van der Waals surface area contributed by atoms with Gasteiger partial charge in [-0.05, 0) is 12.1 Å². The van der Waals surface area contributed by atoms with Crippen LogP contribution in [0.25, 0.3) is 0 Å². The van der Waals surface area contributed by atoms with E-state index in [2.05, 4.69) is 4.72 Å². The summed E-state index contributed by atoms with van der Waals surface area (Å²) in [6, 6.07) is 7.05. The lowest BCUT2D eigenvalue weighted by atomic mass is 10.3. The second-order valence-corrected chi connectivity index (χ2v) is 5.52. The highest BCUT2D eigenvalue weighted by Crippen LogP contribution is 2.19. The van der Waals surface area contributed by atoms with Gasteiger partial charge in [-0.3, -0.25) is 0 Å². The third kappa shape index (κ3) is 5.35. The Morgan fingerprint density at radius 1 is 1.28 bits per heavy atom. The largest absolute Gasteiger partial charge is 0.490 e. The van der Waals surface area contributed by atoms with Gasteiger partial charge in [0.15, 0.2) is 0 Å². The average Bonchev–Trinajstić information content (AvgIpc) is 2.34. The second kappa shape index (κ2) is 7.20. The van der Waals surface area contributed by atoms with Crippen molar-refractivity contribution in [3.8, 4) is 5.75 Å². The molecule has 0 heterocycles. The Bertz CT molecular complexity index is 462. The smallest absolute Gasteiger partial charge is 0.213 e. The normalized spacial score (nSPS) is 11.4. The number of nitrogens with two attached hydrogens (primary N) is 1. The fourth-order valence-corrected chi connectivity index (χ4v) is 2.16. The van der Waals surface area contributed by atoms with Gasteiger partial charge in [-0.2, -0.15) is 0 Å². The van der Waals surface area contributed by atoms with E-state index in [0.29, 0.717) is 11.4 Å². The maximum Gasteiger partial charge on any atom is 0.213 e. The summed E-state index contributed by atoms with van der Waals surface area (Å²) in [6.07, 6.45) is 0. The molecule has 1 rings (SSSR count). The number of ether oxygens (including phenoxy) is 2. The number of para-hydroxylation sites is 2. The van der Waals surface area contributed by atoms with E-state index in [1.165, 1.54) is 7.11 Å². The van der Waals surface area contributed by atoms with Gasteiger partial charge in [0.1, 0.15) is 12.4 Å². The van der Waals surface area contributed by atoms with Gasteiger partial charge in [-0.25, -0.2) is 13.1 Å². The van der Waals surface area contributed by atoms with Crippen LogP contribution in [-0.2, 0) is 14.8 Å². The van der Waals surface area contributed by atoms with Crippen LogP contribution in [0.1, 0.15) is 0 Å². The topological polar surface area (TPSA) is 90.7 Å². The highest BCUT2D eigenvalue weighted by atomic mass is 32.2. The van der Waals surface area contributed by atoms with Crippen molar-refractivity contribution in [2.24, 2.45) is 0 Å². The van der Waals surface area contributed by atoms with Crippen LogP contribution in [0, 0.1) is 0 Å². The molecular formula is C11H18N2O4S.